The second-order valence-corrected chi connectivity index (χ2v) is 9.98. The highest BCUT2D eigenvalue weighted by molar-refractivity contribution is 5.98. The number of nitrogen functional groups attached to an aromatic ring is 1. The zero-order valence-electron chi connectivity index (χ0n) is 24.4. The van der Waals surface area contributed by atoms with E-state index >= 15 is 0 Å². The summed E-state index contributed by atoms with van der Waals surface area (Å²) in [5.74, 6) is -0.293. The van der Waals surface area contributed by atoms with Crippen LogP contribution in [-0.4, -0.2) is 15.0 Å². The Balaban J connectivity index is 0.00000180. The molecule has 0 aliphatic heterocycles. The molecule has 3 aromatic carbocycles. The maximum atomic E-state index is 13.9. The number of fused-ring (bicyclic) bond motifs is 1. The molecule has 0 atom stereocenters. The average molecular weight is 568 g/mol. The number of hydrogen-bond acceptors (Lipinski definition) is 4. The second-order valence-electron chi connectivity index (χ2n) is 9.98. The molecule has 0 saturated carbocycles. The number of nitrogens with two attached hydrogens (primary N) is 1. The van der Waals surface area contributed by atoms with Gasteiger partial charge in [-0.2, -0.15) is 0 Å². The SMILES string of the molecule is C=C(Cc1ccccc1)Nc1cncc(-c2ccc(N)c(C(=C)c3cc4c(-c5cccc(F)c5)cncc4[nH]3)c2)c1.CC. The number of anilines is 2. The molecular formula is C37H34FN5. The Morgan fingerprint density at radius 1 is 0.814 bits per heavy atom. The van der Waals surface area contributed by atoms with Crippen molar-refractivity contribution in [3.05, 3.63) is 151 Å². The molecule has 6 rings (SSSR count). The largest absolute Gasteiger partial charge is 0.398 e. The van der Waals surface area contributed by atoms with E-state index in [-0.39, 0.29) is 5.82 Å². The van der Waals surface area contributed by atoms with Crippen LogP contribution in [0.1, 0.15) is 30.7 Å². The van der Waals surface area contributed by atoms with Crippen LogP contribution in [0.3, 0.4) is 0 Å². The maximum Gasteiger partial charge on any atom is 0.123 e. The zero-order valence-corrected chi connectivity index (χ0v) is 24.4. The summed E-state index contributed by atoms with van der Waals surface area (Å²) in [7, 11) is 0. The van der Waals surface area contributed by atoms with Crippen molar-refractivity contribution in [2.24, 2.45) is 0 Å². The molecule has 5 nitrogen and oxygen atoms in total. The molecule has 43 heavy (non-hydrogen) atoms. The first-order chi connectivity index (χ1) is 20.9. The van der Waals surface area contributed by atoms with E-state index in [1.165, 1.54) is 17.7 Å². The van der Waals surface area contributed by atoms with Crippen LogP contribution >= 0.6 is 0 Å². The summed E-state index contributed by atoms with van der Waals surface area (Å²) in [5.41, 5.74) is 16.6. The quantitative estimate of drug-likeness (QED) is 0.160. The fourth-order valence-electron chi connectivity index (χ4n) is 5.00. The smallest absolute Gasteiger partial charge is 0.123 e. The summed E-state index contributed by atoms with van der Waals surface area (Å²) in [5, 5.41) is 4.30. The van der Waals surface area contributed by atoms with Crippen LogP contribution in [0, 0.1) is 5.82 Å². The molecule has 0 radical (unpaired) electrons. The summed E-state index contributed by atoms with van der Waals surface area (Å²) in [4.78, 5) is 12.2. The highest BCUT2D eigenvalue weighted by atomic mass is 19.1. The minimum Gasteiger partial charge on any atom is -0.398 e. The van der Waals surface area contributed by atoms with Crippen molar-refractivity contribution in [3.63, 3.8) is 0 Å². The summed E-state index contributed by atoms with van der Waals surface area (Å²) in [6.07, 6.45) is 7.83. The number of nitrogens with zero attached hydrogens (tertiary/aromatic N) is 2. The molecule has 214 valence electrons. The Bertz CT molecular complexity index is 1910. The summed E-state index contributed by atoms with van der Waals surface area (Å²) >= 11 is 0. The molecule has 0 saturated heterocycles. The maximum absolute atomic E-state index is 13.9. The lowest BCUT2D eigenvalue weighted by atomic mass is 9.97. The predicted octanol–water partition coefficient (Wildman–Crippen LogP) is 9.27. The molecule has 3 heterocycles. The van der Waals surface area contributed by atoms with Crippen LogP contribution in [0.4, 0.5) is 15.8 Å². The number of nitrogens with one attached hydrogen (secondary N) is 2. The van der Waals surface area contributed by atoms with Crippen molar-refractivity contribution in [2.75, 3.05) is 11.1 Å². The number of aromatic amines is 1. The van der Waals surface area contributed by atoms with Crippen LogP contribution in [0.2, 0.25) is 0 Å². The normalized spacial score (nSPS) is 10.6. The van der Waals surface area contributed by atoms with Gasteiger partial charge in [0.15, 0.2) is 0 Å². The van der Waals surface area contributed by atoms with E-state index in [1.807, 2.05) is 74.6 Å². The second kappa shape index (κ2) is 13.0. The van der Waals surface area contributed by atoms with Crippen molar-refractivity contribution in [1.82, 2.24) is 15.0 Å². The van der Waals surface area contributed by atoms with Crippen LogP contribution in [0.15, 0.2) is 129 Å². The minimum atomic E-state index is -0.293. The molecule has 0 aliphatic rings. The van der Waals surface area contributed by atoms with Crippen molar-refractivity contribution in [3.8, 4) is 22.3 Å². The number of allylic oxidation sites excluding steroid dienone is 1. The summed E-state index contributed by atoms with van der Waals surface area (Å²) in [6.45, 7) is 12.6. The van der Waals surface area contributed by atoms with E-state index in [1.54, 1.807) is 24.7 Å². The van der Waals surface area contributed by atoms with Gasteiger partial charge in [-0.3, -0.25) is 9.97 Å². The molecule has 4 N–H and O–H groups in total. The van der Waals surface area contributed by atoms with Crippen molar-refractivity contribution in [1.29, 1.82) is 0 Å². The van der Waals surface area contributed by atoms with E-state index in [4.69, 9.17) is 5.73 Å². The molecule has 0 fully saturated rings. The zero-order chi connectivity index (χ0) is 30.3. The van der Waals surface area contributed by atoms with Gasteiger partial charge in [0.05, 0.1) is 23.6 Å². The third-order valence-electron chi connectivity index (χ3n) is 7.04. The molecule has 6 heteroatoms. The van der Waals surface area contributed by atoms with Gasteiger partial charge in [-0.15, -0.1) is 0 Å². The van der Waals surface area contributed by atoms with E-state index in [2.05, 4.69) is 45.6 Å². The highest BCUT2D eigenvalue weighted by Gasteiger charge is 2.14. The molecule has 3 aromatic heterocycles. The molecular weight excluding hydrogens is 533 g/mol. The lowest BCUT2D eigenvalue weighted by Crippen LogP contribution is -2.02. The van der Waals surface area contributed by atoms with Crippen LogP contribution in [0.5, 0.6) is 0 Å². The Hall–Kier alpha value is -5.49. The van der Waals surface area contributed by atoms with Gasteiger partial charge < -0.3 is 16.0 Å². The monoisotopic (exact) mass is 567 g/mol. The summed E-state index contributed by atoms with van der Waals surface area (Å²) in [6, 6.07) is 26.6. The third kappa shape index (κ3) is 6.54. The number of aromatic nitrogens is 3. The minimum absolute atomic E-state index is 0.293. The van der Waals surface area contributed by atoms with Gasteiger partial charge in [0.25, 0.3) is 0 Å². The standard InChI is InChI=1S/C35H28FN5.C2H6/c1-22(13-24-7-4-3-5-8-24)40-29-15-27(18-38-19-29)25-11-12-33(37)30(16-25)23(2)34-17-31-32(20-39-21-35(31)41-34)26-9-6-10-28(36)14-26;1-2/h3-12,14-21,40-41H,1-2,13,37H2;1-2H3. The number of hydrogen-bond donors (Lipinski definition) is 3. The Morgan fingerprint density at radius 3 is 2.40 bits per heavy atom. The van der Waals surface area contributed by atoms with Gasteiger partial charge in [0, 0.05) is 63.5 Å². The lowest BCUT2D eigenvalue weighted by molar-refractivity contribution is 0.628. The van der Waals surface area contributed by atoms with Crippen molar-refractivity contribution < 1.29 is 4.39 Å². The fraction of sp³-hybridized carbons (Fsp3) is 0.0811. The third-order valence-corrected chi connectivity index (χ3v) is 7.04. The molecule has 0 spiro atoms. The van der Waals surface area contributed by atoms with E-state index in [9.17, 15) is 4.39 Å². The number of H-pyrrole nitrogens is 1. The molecule has 6 aromatic rings. The van der Waals surface area contributed by atoms with Crippen molar-refractivity contribution >= 4 is 27.9 Å². The number of rotatable bonds is 8. The van der Waals surface area contributed by atoms with Gasteiger partial charge in [-0.05, 0) is 53.1 Å². The fourth-order valence-corrected chi connectivity index (χ4v) is 5.00. The van der Waals surface area contributed by atoms with Crippen LogP contribution in [0.25, 0.3) is 38.7 Å². The number of halogens is 1. The Morgan fingerprint density at radius 2 is 1.60 bits per heavy atom. The first kappa shape index (κ1) is 29.0. The van der Waals surface area contributed by atoms with Gasteiger partial charge in [0.1, 0.15) is 5.82 Å². The molecule has 0 aliphatic carbocycles. The predicted molar refractivity (Wildman–Crippen MR) is 178 cm³/mol. The van der Waals surface area contributed by atoms with E-state index in [0.29, 0.717) is 5.69 Å². The van der Waals surface area contributed by atoms with E-state index < -0.39 is 0 Å². The number of benzene rings is 3. The van der Waals surface area contributed by atoms with E-state index in [0.717, 1.165) is 67.8 Å². The van der Waals surface area contributed by atoms with Gasteiger partial charge >= 0.3 is 0 Å². The lowest BCUT2D eigenvalue weighted by Gasteiger charge is -2.13. The van der Waals surface area contributed by atoms with Gasteiger partial charge in [-0.1, -0.05) is 75.5 Å². The molecule has 0 bridgehead atoms. The number of pyridine rings is 2. The van der Waals surface area contributed by atoms with Gasteiger partial charge in [0.2, 0.25) is 0 Å². The highest BCUT2D eigenvalue weighted by Crippen LogP contribution is 2.35. The topological polar surface area (TPSA) is 79.6 Å². The summed E-state index contributed by atoms with van der Waals surface area (Å²) < 4.78 is 13.9. The average Bonchev–Trinajstić information content (AvgIpc) is 3.47. The Labute approximate surface area is 251 Å². The molecule has 0 amide bonds. The first-order valence-electron chi connectivity index (χ1n) is 14.2. The van der Waals surface area contributed by atoms with Crippen LogP contribution in [-0.2, 0) is 6.42 Å². The van der Waals surface area contributed by atoms with Gasteiger partial charge in [-0.25, -0.2) is 4.39 Å². The Kier molecular flexibility index (Phi) is 8.77. The van der Waals surface area contributed by atoms with Crippen molar-refractivity contribution in [2.45, 2.75) is 20.3 Å². The van der Waals surface area contributed by atoms with Crippen LogP contribution < -0.4 is 11.1 Å². The molecule has 0 unspecified atom stereocenters. The first-order valence-corrected chi connectivity index (χ1v) is 14.2.